The third-order valence-corrected chi connectivity index (χ3v) is 1.88. The molecule has 0 spiro atoms. The van der Waals surface area contributed by atoms with Crippen molar-refractivity contribution in [3.8, 4) is 0 Å². The van der Waals surface area contributed by atoms with Crippen LogP contribution in [0.15, 0.2) is 0 Å². The zero-order valence-electron chi connectivity index (χ0n) is 4.82. The van der Waals surface area contributed by atoms with Crippen LogP contribution in [0.5, 0.6) is 0 Å². The van der Waals surface area contributed by atoms with Crippen LogP contribution in [0.1, 0.15) is 32.1 Å². The molecule has 0 saturated heterocycles. The molecular formula is C7H13. The maximum Gasteiger partial charge on any atom is -0.0414 e. The third-order valence-electron chi connectivity index (χ3n) is 1.88. The van der Waals surface area contributed by atoms with Crippen molar-refractivity contribution < 1.29 is 0 Å². The van der Waals surface area contributed by atoms with Crippen LogP contribution in [0, 0.1) is 12.8 Å². The van der Waals surface area contributed by atoms with Gasteiger partial charge in [-0.15, -0.1) is 0 Å². The van der Waals surface area contributed by atoms with Crippen molar-refractivity contribution in [2.24, 2.45) is 5.92 Å². The molecule has 7 heavy (non-hydrogen) atoms. The van der Waals surface area contributed by atoms with E-state index < -0.39 is 0 Å². The molecule has 0 aliphatic heterocycles. The van der Waals surface area contributed by atoms with E-state index >= 15 is 0 Å². The van der Waals surface area contributed by atoms with E-state index in [4.69, 9.17) is 0 Å². The summed E-state index contributed by atoms with van der Waals surface area (Å²) in [6, 6.07) is 0. The standard InChI is InChI=1S/C7H13/c1-2-7-5-3-4-6-7/h7H,1-6H2. The van der Waals surface area contributed by atoms with Crippen molar-refractivity contribution in [3.63, 3.8) is 0 Å². The average molecular weight is 97.2 g/mol. The van der Waals surface area contributed by atoms with Crippen LogP contribution in [0.4, 0.5) is 0 Å². The zero-order valence-corrected chi connectivity index (χ0v) is 4.82. The first-order chi connectivity index (χ1) is 3.43. The third kappa shape index (κ3) is 1.19. The van der Waals surface area contributed by atoms with Crippen molar-refractivity contribution in [3.05, 3.63) is 6.92 Å². The summed E-state index contributed by atoms with van der Waals surface area (Å²) in [5.41, 5.74) is 0. The lowest BCUT2D eigenvalue weighted by Crippen LogP contribution is -1.86. The van der Waals surface area contributed by atoms with Crippen LogP contribution in [0.3, 0.4) is 0 Å². The average Bonchev–Trinajstić information content (AvgIpc) is 2.14. The topological polar surface area (TPSA) is 0 Å². The van der Waals surface area contributed by atoms with Gasteiger partial charge < -0.3 is 0 Å². The molecular weight excluding hydrogens is 84.1 g/mol. The predicted molar refractivity (Wildman–Crippen MR) is 31.9 cm³/mol. The lowest BCUT2D eigenvalue weighted by molar-refractivity contribution is 0.556. The molecule has 0 aromatic heterocycles. The fourth-order valence-corrected chi connectivity index (χ4v) is 1.30. The van der Waals surface area contributed by atoms with Gasteiger partial charge in [-0.05, 0) is 5.92 Å². The summed E-state index contributed by atoms with van der Waals surface area (Å²) in [6.07, 6.45) is 6.98. The van der Waals surface area contributed by atoms with Gasteiger partial charge in [-0.1, -0.05) is 39.0 Å². The Labute approximate surface area is 45.9 Å². The second kappa shape index (κ2) is 2.34. The summed E-state index contributed by atoms with van der Waals surface area (Å²) in [6.45, 7) is 3.87. The summed E-state index contributed by atoms with van der Waals surface area (Å²) >= 11 is 0. The number of rotatable bonds is 1. The smallest absolute Gasteiger partial charge is 0.0414 e. The number of hydrogen-bond donors (Lipinski definition) is 0. The molecule has 1 aliphatic rings. The minimum atomic E-state index is 0.986. The largest absolute Gasteiger partial charge is 0.0530 e. The SMILES string of the molecule is [CH2]CC1CCCC1. The Morgan fingerprint density at radius 3 is 2.14 bits per heavy atom. The summed E-state index contributed by atoms with van der Waals surface area (Å²) in [5.74, 6) is 0.986. The molecule has 1 rings (SSSR count). The van der Waals surface area contributed by atoms with E-state index in [1.807, 2.05) is 0 Å². The van der Waals surface area contributed by atoms with Crippen molar-refractivity contribution in [1.29, 1.82) is 0 Å². The van der Waals surface area contributed by atoms with Gasteiger partial charge in [-0.3, -0.25) is 0 Å². The second-order valence-electron chi connectivity index (χ2n) is 2.44. The van der Waals surface area contributed by atoms with Gasteiger partial charge in [0.25, 0.3) is 0 Å². The first-order valence-corrected chi connectivity index (χ1v) is 3.22. The number of hydrogen-bond acceptors (Lipinski definition) is 0. The monoisotopic (exact) mass is 97.1 g/mol. The minimum absolute atomic E-state index is 0.986. The predicted octanol–water partition coefficient (Wildman–Crippen LogP) is 2.40. The first-order valence-electron chi connectivity index (χ1n) is 3.22. The highest BCUT2D eigenvalue weighted by atomic mass is 14.2. The van der Waals surface area contributed by atoms with Crippen molar-refractivity contribution in [2.45, 2.75) is 32.1 Å². The van der Waals surface area contributed by atoms with E-state index in [1.165, 1.54) is 32.1 Å². The van der Waals surface area contributed by atoms with Gasteiger partial charge in [0, 0.05) is 0 Å². The van der Waals surface area contributed by atoms with E-state index in [-0.39, 0.29) is 0 Å². The van der Waals surface area contributed by atoms with E-state index in [1.54, 1.807) is 0 Å². The van der Waals surface area contributed by atoms with E-state index in [2.05, 4.69) is 6.92 Å². The maximum atomic E-state index is 3.87. The van der Waals surface area contributed by atoms with Crippen molar-refractivity contribution in [1.82, 2.24) is 0 Å². The molecule has 0 N–H and O–H groups in total. The maximum absolute atomic E-state index is 3.87. The molecule has 0 atom stereocenters. The van der Waals surface area contributed by atoms with Crippen molar-refractivity contribution in [2.75, 3.05) is 0 Å². The van der Waals surface area contributed by atoms with Gasteiger partial charge >= 0.3 is 0 Å². The van der Waals surface area contributed by atoms with Gasteiger partial charge in [0.05, 0.1) is 0 Å². The molecule has 1 radical (unpaired) electrons. The van der Waals surface area contributed by atoms with Crippen LogP contribution in [-0.4, -0.2) is 0 Å². The van der Waals surface area contributed by atoms with Gasteiger partial charge in [-0.25, -0.2) is 0 Å². The fraction of sp³-hybridized carbons (Fsp3) is 0.857. The molecule has 0 aromatic carbocycles. The Kier molecular flexibility index (Phi) is 1.72. The van der Waals surface area contributed by atoms with Gasteiger partial charge in [-0.2, -0.15) is 0 Å². The van der Waals surface area contributed by atoms with E-state index in [0.29, 0.717) is 0 Å². The van der Waals surface area contributed by atoms with Crippen LogP contribution in [0.2, 0.25) is 0 Å². The summed E-state index contributed by atoms with van der Waals surface area (Å²) in [5, 5.41) is 0. The molecule has 0 nitrogen and oxygen atoms in total. The quantitative estimate of drug-likeness (QED) is 0.471. The van der Waals surface area contributed by atoms with Gasteiger partial charge in [0.2, 0.25) is 0 Å². The van der Waals surface area contributed by atoms with Crippen molar-refractivity contribution >= 4 is 0 Å². The Morgan fingerprint density at radius 1 is 1.29 bits per heavy atom. The fourth-order valence-electron chi connectivity index (χ4n) is 1.30. The van der Waals surface area contributed by atoms with Crippen LogP contribution < -0.4 is 0 Å². The highest BCUT2D eigenvalue weighted by molar-refractivity contribution is 4.67. The lowest BCUT2D eigenvalue weighted by Gasteiger charge is -1.99. The normalized spacial score (nSPS) is 23.6. The Balaban J connectivity index is 2.14. The molecule has 0 aromatic rings. The van der Waals surface area contributed by atoms with Crippen LogP contribution in [0.25, 0.3) is 0 Å². The first kappa shape index (κ1) is 5.14. The molecule has 1 aliphatic carbocycles. The zero-order chi connectivity index (χ0) is 5.11. The highest BCUT2D eigenvalue weighted by Gasteiger charge is 2.11. The Bertz CT molecular complexity index is 42.0. The Hall–Kier alpha value is 0. The van der Waals surface area contributed by atoms with Gasteiger partial charge in [0.15, 0.2) is 0 Å². The van der Waals surface area contributed by atoms with E-state index in [9.17, 15) is 0 Å². The summed E-state index contributed by atoms with van der Waals surface area (Å²) in [7, 11) is 0. The van der Waals surface area contributed by atoms with Crippen LogP contribution in [-0.2, 0) is 0 Å². The van der Waals surface area contributed by atoms with E-state index in [0.717, 1.165) is 5.92 Å². The molecule has 1 fully saturated rings. The van der Waals surface area contributed by atoms with Gasteiger partial charge in [0.1, 0.15) is 0 Å². The molecule has 41 valence electrons. The molecule has 0 unspecified atom stereocenters. The summed E-state index contributed by atoms with van der Waals surface area (Å²) in [4.78, 5) is 0. The summed E-state index contributed by atoms with van der Waals surface area (Å²) < 4.78 is 0. The molecule has 1 saturated carbocycles. The second-order valence-corrected chi connectivity index (χ2v) is 2.44. The highest BCUT2D eigenvalue weighted by Crippen LogP contribution is 2.26. The molecule has 0 heterocycles. The molecule has 0 bridgehead atoms. The van der Waals surface area contributed by atoms with Crippen LogP contribution >= 0.6 is 0 Å². The lowest BCUT2D eigenvalue weighted by atomic mass is 10.1. The Morgan fingerprint density at radius 2 is 1.86 bits per heavy atom. The minimum Gasteiger partial charge on any atom is -0.0530 e. The molecule has 0 amide bonds. The molecule has 0 heteroatoms.